The van der Waals surface area contributed by atoms with Gasteiger partial charge in [-0.3, -0.25) is 4.79 Å². The van der Waals surface area contributed by atoms with Crippen molar-refractivity contribution in [3.05, 3.63) is 10.8 Å². The van der Waals surface area contributed by atoms with Crippen molar-refractivity contribution < 1.29 is 4.79 Å². The lowest BCUT2D eigenvalue weighted by Crippen LogP contribution is -2.43. The second-order valence-corrected chi connectivity index (χ2v) is 4.95. The molecule has 1 aromatic rings. The Balaban J connectivity index is 2.13. The van der Waals surface area contributed by atoms with Crippen molar-refractivity contribution in [1.82, 2.24) is 14.3 Å². The quantitative estimate of drug-likeness (QED) is 0.795. The van der Waals surface area contributed by atoms with Crippen LogP contribution < -0.4 is 0 Å². The first-order valence-electron chi connectivity index (χ1n) is 5.83. The molecule has 1 aliphatic heterocycles. The lowest BCUT2D eigenvalue weighted by molar-refractivity contribution is 0.0607. The van der Waals surface area contributed by atoms with Gasteiger partial charge in [0, 0.05) is 12.6 Å². The second kappa shape index (κ2) is 4.91. The van der Waals surface area contributed by atoms with E-state index in [4.69, 9.17) is 0 Å². The normalized spacial score (nSPS) is 21.1. The second-order valence-electron chi connectivity index (χ2n) is 4.20. The number of hydrogen-bond acceptors (Lipinski definition) is 4. The van der Waals surface area contributed by atoms with E-state index in [-0.39, 0.29) is 5.91 Å². The number of piperidine rings is 1. The van der Waals surface area contributed by atoms with Crippen molar-refractivity contribution in [1.29, 1.82) is 0 Å². The van der Waals surface area contributed by atoms with Gasteiger partial charge in [-0.1, -0.05) is 6.92 Å². The third-order valence-electron chi connectivity index (χ3n) is 3.07. The van der Waals surface area contributed by atoms with Gasteiger partial charge in [0.25, 0.3) is 5.91 Å². The van der Waals surface area contributed by atoms with Crippen LogP contribution in [-0.2, 0) is 0 Å². The van der Waals surface area contributed by atoms with Crippen LogP contribution in [0.3, 0.4) is 0 Å². The lowest BCUT2D eigenvalue weighted by atomic mass is 10.00. The van der Waals surface area contributed by atoms with Gasteiger partial charge in [-0.2, -0.15) is 4.37 Å². The van der Waals surface area contributed by atoms with Gasteiger partial charge in [0.15, 0.2) is 0 Å². The SMILES string of the molecule is CCC1CCCCN1C(=O)c1nc(C)ns1. The molecule has 5 heteroatoms. The Morgan fingerprint density at radius 3 is 3.00 bits per heavy atom. The van der Waals surface area contributed by atoms with E-state index < -0.39 is 0 Å². The highest BCUT2D eigenvalue weighted by molar-refractivity contribution is 7.07. The maximum atomic E-state index is 12.2. The average Bonchev–Trinajstić information content (AvgIpc) is 2.75. The summed E-state index contributed by atoms with van der Waals surface area (Å²) in [6, 6.07) is 0.394. The fourth-order valence-corrected chi connectivity index (χ4v) is 2.83. The van der Waals surface area contributed by atoms with Crippen LogP contribution in [0.5, 0.6) is 0 Å². The standard InChI is InChI=1S/C11H17N3OS/c1-3-9-6-4-5-7-14(9)11(15)10-12-8(2)13-16-10/h9H,3-7H2,1-2H3. The smallest absolute Gasteiger partial charge is 0.284 e. The zero-order chi connectivity index (χ0) is 11.5. The number of carbonyl (C=O) groups is 1. The van der Waals surface area contributed by atoms with Crippen LogP contribution in [0.4, 0.5) is 0 Å². The van der Waals surface area contributed by atoms with Gasteiger partial charge in [0.1, 0.15) is 5.82 Å². The molecule has 1 saturated heterocycles. The highest BCUT2D eigenvalue weighted by Gasteiger charge is 2.27. The number of carbonyl (C=O) groups excluding carboxylic acids is 1. The Kier molecular flexibility index (Phi) is 3.53. The Morgan fingerprint density at radius 2 is 2.38 bits per heavy atom. The van der Waals surface area contributed by atoms with E-state index in [1.807, 2.05) is 11.8 Å². The van der Waals surface area contributed by atoms with Crippen LogP contribution in [0.1, 0.15) is 48.2 Å². The number of aromatic nitrogens is 2. The van der Waals surface area contributed by atoms with E-state index in [0.717, 1.165) is 25.8 Å². The molecule has 0 N–H and O–H groups in total. The first-order chi connectivity index (χ1) is 7.72. The van der Waals surface area contributed by atoms with E-state index in [0.29, 0.717) is 16.9 Å². The van der Waals surface area contributed by atoms with Crippen LogP contribution in [0.15, 0.2) is 0 Å². The zero-order valence-electron chi connectivity index (χ0n) is 9.77. The van der Waals surface area contributed by atoms with Crippen molar-refractivity contribution in [3.8, 4) is 0 Å². The molecule has 0 radical (unpaired) electrons. The summed E-state index contributed by atoms with van der Waals surface area (Å²) in [6.07, 6.45) is 4.50. The molecule has 88 valence electrons. The molecule has 2 rings (SSSR count). The van der Waals surface area contributed by atoms with Gasteiger partial charge in [-0.05, 0) is 44.1 Å². The largest absolute Gasteiger partial charge is 0.334 e. The predicted molar refractivity (Wildman–Crippen MR) is 63.6 cm³/mol. The number of rotatable bonds is 2. The number of aryl methyl sites for hydroxylation is 1. The maximum absolute atomic E-state index is 12.2. The summed E-state index contributed by atoms with van der Waals surface area (Å²) in [5.41, 5.74) is 0. The lowest BCUT2D eigenvalue weighted by Gasteiger charge is -2.34. The van der Waals surface area contributed by atoms with Crippen molar-refractivity contribution >= 4 is 17.4 Å². The van der Waals surface area contributed by atoms with Crippen LogP contribution in [-0.4, -0.2) is 32.8 Å². The summed E-state index contributed by atoms with van der Waals surface area (Å²) < 4.78 is 4.07. The van der Waals surface area contributed by atoms with E-state index in [1.165, 1.54) is 18.0 Å². The fraction of sp³-hybridized carbons (Fsp3) is 0.727. The van der Waals surface area contributed by atoms with Gasteiger partial charge in [0.2, 0.25) is 5.01 Å². The molecule has 16 heavy (non-hydrogen) atoms. The maximum Gasteiger partial charge on any atom is 0.284 e. The fourth-order valence-electron chi connectivity index (χ4n) is 2.20. The van der Waals surface area contributed by atoms with E-state index in [2.05, 4.69) is 16.3 Å². The number of nitrogens with zero attached hydrogens (tertiary/aromatic N) is 3. The topological polar surface area (TPSA) is 46.1 Å². The van der Waals surface area contributed by atoms with Gasteiger partial charge >= 0.3 is 0 Å². The van der Waals surface area contributed by atoms with Crippen LogP contribution in [0.25, 0.3) is 0 Å². The Morgan fingerprint density at radius 1 is 1.56 bits per heavy atom. The summed E-state index contributed by atoms with van der Waals surface area (Å²) in [7, 11) is 0. The molecule has 1 fully saturated rings. The third kappa shape index (κ3) is 2.24. The third-order valence-corrected chi connectivity index (χ3v) is 3.86. The minimum atomic E-state index is 0.0668. The number of likely N-dealkylation sites (tertiary alicyclic amines) is 1. The highest BCUT2D eigenvalue weighted by Crippen LogP contribution is 2.22. The van der Waals surface area contributed by atoms with Gasteiger partial charge in [-0.25, -0.2) is 4.98 Å². The molecule has 0 spiro atoms. The van der Waals surface area contributed by atoms with Crippen molar-refractivity contribution in [3.63, 3.8) is 0 Å². The molecule has 1 aliphatic rings. The summed E-state index contributed by atoms with van der Waals surface area (Å²) in [5.74, 6) is 0.760. The molecule has 0 bridgehead atoms. The van der Waals surface area contributed by atoms with Crippen LogP contribution in [0.2, 0.25) is 0 Å². The van der Waals surface area contributed by atoms with Crippen molar-refractivity contribution in [2.24, 2.45) is 0 Å². The molecular weight excluding hydrogens is 222 g/mol. The minimum Gasteiger partial charge on any atom is -0.334 e. The molecule has 4 nitrogen and oxygen atoms in total. The zero-order valence-corrected chi connectivity index (χ0v) is 10.6. The molecule has 1 atom stereocenters. The van der Waals surface area contributed by atoms with E-state index in [1.54, 1.807) is 0 Å². The first kappa shape index (κ1) is 11.5. The van der Waals surface area contributed by atoms with Crippen LogP contribution >= 0.6 is 11.5 Å². The highest BCUT2D eigenvalue weighted by atomic mass is 32.1. The van der Waals surface area contributed by atoms with Gasteiger partial charge in [0.05, 0.1) is 0 Å². The Bertz CT molecular complexity index is 377. The Labute approximate surface area is 99.9 Å². The van der Waals surface area contributed by atoms with E-state index in [9.17, 15) is 4.79 Å². The van der Waals surface area contributed by atoms with Crippen LogP contribution in [0, 0.1) is 6.92 Å². The minimum absolute atomic E-state index is 0.0668. The molecule has 0 aliphatic carbocycles. The Hall–Kier alpha value is -0.970. The summed E-state index contributed by atoms with van der Waals surface area (Å²) in [5, 5.41) is 0.540. The van der Waals surface area contributed by atoms with Gasteiger partial charge < -0.3 is 4.90 Å². The van der Waals surface area contributed by atoms with E-state index >= 15 is 0 Å². The van der Waals surface area contributed by atoms with Crippen molar-refractivity contribution in [2.45, 2.75) is 45.6 Å². The molecule has 0 saturated carbocycles. The molecule has 2 heterocycles. The molecule has 1 aromatic heterocycles. The molecule has 1 unspecified atom stereocenters. The molecule has 0 aromatic carbocycles. The monoisotopic (exact) mass is 239 g/mol. The summed E-state index contributed by atoms with van der Waals surface area (Å²) in [4.78, 5) is 18.4. The number of hydrogen-bond donors (Lipinski definition) is 0. The molecular formula is C11H17N3OS. The average molecular weight is 239 g/mol. The number of amides is 1. The van der Waals surface area contributed by atoms with Crippen molar-refractivity contribution in [2.75, 3.05) is 6.54 Å². The predicted octanol–water partition coefficient (Wildman–Crippen LogP) is 2.25. The first-order valence-corrected chi connectivity index (χ1v) is 6.61. The summed E-state index contributed by atoms with van der Waals surface area (Å²) >= 11 is 1.21. The molecule has 1 amide bonds. The van der Waals surface area contributed by atoms with Gasteiger partial charge in [-0.15, -0.1) is 0 Å². The summed E-state index contributed by atoms with van der Waals surface area (Å²) in [6.45, 7) is 4.83.